The lowest BCUT2D eigenvalue weighted by molar-refractivity contribution is -0.123. The lowest BCUT2D eigenvalue weighted by atomic mass is 10.1. The molecule has 0 heterocycles. The summed E-state index contributed by atoms with van der Waals surface area (Å²) in [5, 5.41) is 2.12. The maximum Gasteiger partial charge on any atom is 0.276 e. The number of nitrogens with one attached hydrogen (secondary N) is 2. The number of hydrazine groups is 1. The minimum absolute atomic E-state index is 0.00567. The van der Waals surface area contributed by atoms with Crippen LogP contribution in [0.4, 0.5) is 0 Å². The number of ether oxygens (including phenoxy) is 1. The van der Waals surface area contributed by atoms with Gasteiger partial charge in [0.05, 0.1) is 0 Å². The van der Waals surface area contributed by atoms with Gasteiger partial charge < -0.3 is 10.2 Å². The van der Waals surface area contributed by atoms with Gasteiger partial charge in [-0.05, 0) is 37.1 Å². The average molecular weight is 296 g/mol. The van der Waals surface area contributed by atoms with Crippen LogP contribution in [0.25, 0.3) is 10.8 Å². The molecule has 22 heavy (non-hydrogen) atoms. The lowest BCUT2D eigenvalue weighted by Gasteiger charge is -2.16. The van der Waals surface area contributed by atoms with Crippen LogP contribution in [-0.4, -0.2) is 12.5 Å². The van der Waals surface area contributed by atoms with Gasteiger partial charge in [0.25, 0.3) is 5.91 Å². The highest BCUT2D eigenvalue weighted by atomic mass is 16.5. The van der Waals surface area contributed by atoms with Crippen LogP contribution >= 0.6 is 0 Å². The summed E-state index contributed by atoms with van der Waals surface area (Å²) in [5.41, 5.74) is 6.75. The molecule has 0 radical (unpaired) electrons. The molecule has 114 valence electrons. The topological polar surface area (TPSA) is 50.4 Å². The Morgan fingerprint density at radius 3 is 2.82 bits per heavy atom. The third kappa shape index (κ3) is 3.58. The molecule has 1 aliphatic rings. The highest BCUT2D eigenvalue weighted by Gasteiger charge is 2.07. The second-order valence-electron chi connectivity index (χ2n) is 5.41. The Morgan fingerprint density at radius 2 is 1.95 bits per heavy atom. The van der Waals surface area contributed by atoms with Crippen molar-refractivity contribution in [2.45, 2.75) is 25.7 Å². The third-order valence-electron chi connectivity index (χ3n) is 3.76. The quantitative estimate of drug-likeness (QED) is 0.832. The van der Waals surface area contributed by atoms with Crippen LogP contribution in [0, 0.1) is 0 Å². The fourth-order valence-corrected chi connectivity index (χ4v) is 2.60. The number of amides is 1. The van der Waals surface area contributed by atoms with Gasteiger partial charge in [0, 0.05) is 11.1 Å². The Labute approximate surface area is 130 Å². The molecule has 0 spiro atoms. The molecule has 0 aromatic heterocycles. The van der Waals surface area contributed by atoms with E-state index < -0.39 is 0 Å². The van der Waals surface area contributed by atoms with Crippen molar-refractivity contribution in [3.8, 4) is 5.75 Å². The molecule has 0 fully saturated rings. The van der Waals surface area contributed by atoms with Gasteiger partial charge in [0.15, 0.2) is 6.61 Å². The molecule has 1 amide bonds. The highest BCUT2D eigenvalue weighted by Crippen LogP contribution is 2.24. The second-order valence-corrected chi connectivity index (χ2v) is 5.41. The van der Waals surface area contributed by atoms with Crippen molar-refractivity contribution in [3.63, 3.8) is 0 Å². The predicted molar refractivity (Wildman–Crippen MR) is 87.3 cm³/mol. The van der Waals surface area contributed by atoms with Crippen LogP contribution in [0.5, 0.6) is 5.75 Å². The van der Waals surface area contributed by atoms with Gasteiger partial charge in [-0.1, -0.05) is 42.5 Å². The molecule has 0 atom stereocenters. The van der Waals surface area contributed by atoms with Crippen LogP contribution in [0.1, 0.15) is 25.7 Å². The first-order valence-electron chi connectivity index (χ1n) is 7.67. The minimum Gasteiger partial charge on any atom is -0.483 e. The van der Waals surface area contributed by atoms with Crippen molar-refractivity contribution in [1.29, 1.82) is 0 Å². The average Bonchev–Trinajstić information content (AvgIpc) is 2.59. The monoisotopic (exact) mass is 296 g/mol. The number of rotatable bonds is 5. The fourth-order valence-electron chi connectivity index (χ4n) is 2.60. The predicted octanol–water partition coefficient (Wildman–Crippen LogP) is 3.30. The largest absolute Gasteiger partial charge is 0.483 e. The summed E-state index contributed by atoms with van der Waals surface area (Å²) >= 11 is 0. The van der Waals surface area contributed by atoms with Gasteiger partial charge in [-0.3, -0.25) is 10.2 Å². The van der Waals surface area contributed by atoms with Crippen molar-refractivity contribution in [2.24, 2.45) is 0 Å². The van der Waals surface area contributed by atoms with Crippen molar-refractivity contribution >= 4 is 16.7 Å². The van der Waals surface area contributed by atoms with E-state index in [1.54, 1.807) is 0 Å². The summed E-state index contributed by atoms with van der Waals surface area (Å²) in [4.78, 5) is 11.9. The third-order valence-corrected chi connectivity index (χ3v) is 3.76. The molecule has 0 aliphatic heterocycles. The number of allylic oxidation sites excluding steroid dienone is 2. The van der Waals surface area contributed by atoms with Crippen molar-refractivity contribution in [3.05, 3.63) is 54.2 Å². The number of benzene rings is 2. The molecule has 2 N–H and O–H groups in total. The van der Waals surface area contributed by atoms with Crippen LogP contribution in [0.2, 0.25) is 0 Å². The summed E-state index contributed by atoms with van der Waals surface area (Å²) in [6, 6.07) is 13.8. The van der Waals surface area contributed by atoms with Gasteiger partial charge >= 0.3 is 0 Å². The molecule has 2 aromatic rings. The molecule has 2 aromatic carbocycles. The van der Waals surface area contributed by atoms with E-state index in [0.29, 0.717) is 0 Å². The Morgan fingerprint density at radius 1 is 1.09 bits per heavy atom. The van der Waals surface area contributed by atoms with Crippen molar-refractivity contribution in [2.75, 3.05) is 6.61 Å². The number of carbonyl (C=O) groups excluding carboxylic acids is 1. The van der Waals surface area contributed by atoms with E-state index in [1.807, 2.05) is 42.5 Å². The second kappa shape index (κ2) is 6.98. The molecule has 0 bridgehead atoms. The maximum atomic E-state index is 11.9. The van der Waals surface area contributed by atoms with Gasteiger partial charge in [0.1, 0.15) is 5.75 Å². The molecule has 4 nitrogen and oxygen atoms in total. The smallest absolute Gasteiger partial charge is 0.276 e. The van der Waals surface area contributed by atoms with Gasteiger partial charge in [0.2, 0.25) is 0 Å². The first kappa shape index (κ1) is 14.4. The summed E-state index contributed by atoms with van der Waals surface area (Å²) in [6.45, 7) is -0.00567. The van der Waals surface area contributed by atoms with Crippen molar-refractivity contribution < 1.29 is 9.53 Å². The van der Waals surface area contributed by atoms with E-state index in [4.69, 9.17) is 4.74 Å². The minimum atomic E-state index is -0.181. The summed E-state index contributed by atoms with van der Waals surface area (Å²) < 4.78 is 5.65. The molecule has 0 saturated heterocycles. The summed E-state index contributed by atoms with van der Waals surface area (Å²) in [5.74, 6) is 0.546. The fraction of sp³-hybridized carbons (Fsp3) is 0.278. The zero-order valence-electron chi connectivity index (χ0n) is 12.5. The standard InChI is InChI=1S/C18H20N2O2/c21-18(20-19-15-9-2-1-3-10-15)13-22-17-12-6-8-14-7-4-5-11-16(14)17/h4-9,11-12,19H,1-3,10,13H2,(H,20,21). The lowest BCUT2D eigenvalue weighted by Crippen LogP contribution is -2.40. The molecule has 0 unspecified atom stereocenters. The number of fused-ring (bicyclic) bond motifs is 1. The molecular formula is C18H20N2O2. The number of hydrogen-bond donors (Lipinski definition) is 2. The van der Waals surface area contributed by atoms with Gasteiger partial charge in [-0.2, -0.15) is 0 Å². The Balaban J connectivity index is 1.55. The van der Waals surface area contributed by atoms with E-state index in [0.717, 1.165) is 35.1 Å². The van der Waals surface area contributed by atoms with Crippen LogP contribution in [0.15, 0.2) is 54.2 Å². The van der Waals surface area contributed by atoms with E-state index in [9.17, 15) is 4.79 Å². The normalized spacial score (nSPS) is 14.3. The van der Waals surface area contributed by atoms with Crippen LogP contribution < -0.4 is 15.6 Å². The van der Waals surface area contributed by atoms with Crippen molar-refractivity contribution in [1.82, 2.24) is 10.9 Å². The summed E-state index contributed by atoms with van der Waals surface area (Å²) in [6.07, 6.45) is 6.59. The Kier molecular flexibility index (Phi) is 4.59. The van der Waals surface area contributed by atoms with E-state index in [-0.39, 0.29) is 12.5 Å². The van der Waals surface area contributed by atoms with E-state index in [2.05, 4.69) is 16.9 Å². The SMILES string of the molecule is O=C(COc1cccc2ccccc12)NNC1=CCCCC1. The molecule has 1 aliphatic carbocycles. The van der Waals surface area contributed by atoms with Crippen LogP contribution in [0.3, 0.4) is 0 Å². The number of hydrogen-bond acceptors (Lipinski definition) is 3. The first-order valence-corrected chi connectivity index (χ1v) is 7.67. The highest BCUT2D eigenvalue weighted by molar-refractivity contribution is 5.88. The van der Waals surface area contributed by atoms with E-state index >= 15 is 0 Å². The molecule has 0 saturated carbocycles. The molecular weight excluding hydrogens is 276 g/mol. The molecule has 3 rings (SSSR count). The zero-order valence-corrected chi connectivity index (χ0v) is 12.5. The van der Waals surface area contributed by atoms with Crippen LogP contribution in [-0.2, 0) is 4.79 Å². The Hall–Kier alpha value is -2.49. The first-order chi connectivity index (χ1) is 10.8. The Bertz CT molecular complexity index is 689. The van der Waals surface area contributed by atoms with Gasteiger partial charge in [-0.15, -0.1) is 0 Å². The number of carbonyl (C=O) groups is 1. The van der Waals surface area contributed by atoms with E-state index in [1.165, 1.54) is 12.8 Å². The zero-order chi connectivity index (χ0) is 15.2. The summed E-state index contributed by atoms with van der Waals surface area (Å²) in [7, 11) is 0. The maximum absolute atomic E-state index is 11.9. The van der Waals surface area contributed by atoms with Gasteiger partial charge in [-0.25, -0.2) is 0 Å². The molecule has 4 heteroatoms.